The fourth-order valence-corrected chi connectivity index (χ4v) is 1.29. The first kappa shape index (κ1) is 10.7. The van der Waals surface area contributed by atoms with Crippen LogP contribution in [0.3, 0.4) is 0 Å². The number of aryl methyl sites for hydroxylation is 1. The number of amides is 1. The van der Waals surface area contributed by atoms with E-state index in [2.05, 4.69) is 0 Å². The first-order valence-corrected chi connectivity index (χ1v) is 4.54. The Bertz CT molecular complexity index is 323. The molecule has 3 nitrogen and oxygen atoms in total. The van der Waals surface area contributed by atoms with Crippen LogP contribution in [0, 0.1) is 6.92 Å². The van der Waals surface area contributed by atoms with Crippen LogP contribution < -0.4 is 0 Å². The molecule has 0 atom stereocenters. The Morgan fingerprint density at radius 2 is 2.21 bits per heavy atom. The van der Waals surface area contributed by atoms with E-state index in [1.54, 1.807) is 7.05 Å². The van der Waals surface area contributed by atoms with E-state index < -0.39 is 6.61 Å². The highest BCUT2D eigenvalue weighted by atomic mass is 16.3. The first-order chi connectivity index (χ1) is 6.63. The highest BCUT2D eigenvalue weighted by molar-refractivity contribution is 5.76. The van der Waals surface area contributed by atoms with Gasteiger partial charge in [0, 0.05) is 13.6 Å². The Kier molecular flexibility index (Phi) is 3.65. The maximum atomic E-state index is 11.1. The molecule has 14 heavy (non-hydrogen) atoms. The lowest BCUT2D eigenvalue weighted by Gasteiger charge is -2.15. The lowest BCUT2D eigenvalue weighted by Crippen LogP contribution is -2.28. The van der Waals surface area contributed by atoms with Gasteiger partial charge in [0.15, 0.2) is 0 Å². The normalized spacial score (nSPS) is 9.93. The van der Waals surface area contributed by atoms with Crippen molar-refractivity contribution in [3.63, 3.8) is 0 Å². The maximum absolute atomic E-state index is 11.1. The highest BCUT2D eigenvalue weighted by Gasteiger charge is 2.06. The molecule has 0 saturated heterocycles. The quantitative estimate of drug-likeness (QED) is 0.776. The van der Waals surface area contributed by atoms with Gasteiger partial charge in [0.2, 0.25) is 5.91 Å². The largest absolute Gasteiger partial charge is 0.387 e. The molecule has 76 valence electrons. The van der Waals surface area contributed by atoms with E-state index in [1.807, 2.05) is 31.2 Å². The van der Waals surface area contributed by atoms with Crippen LogP contribution in [0.5, 0.6) is 0 Å². The Hall–Kier alpha value is -1.35. The van der Waals surface area contributed by atoms with Crippen molar-refractivity contribution in [2.24, 2.45) is 0 Å². The second-order valence-electron chi connectivity index (χ2n) is 3.40. The van der Waals surface area contributed by atoms with Crippen molar-refractivity contribution in [3.8, 4) is 0 Å². The molecule has 0 unspecified atom stereocenters. The summed E-state index contributed by atoms with van der Waals surface area (Å²) < 4.78 is 0. The smallest absolute Gasteiger partial charge is 0.248 e. The Labute approximate surface area is 84.0 Å². The first-order valence-electron chi connectivity index (χ1n) is 4.54. The minimum atomic E-state index is -0.428. The van der Waals surface area contributed by atoms with Crippen molar-refractivity contribution >= 4 is 5.91 Å². The van der Waals surface area contributed by atoms with Crippen LogP contribution in [0.2, 0.25) is 0 Å². The molecule has 1 aromatic carbocycles. The number of carbonyl (C=O) groups is 1. The molecule has 0 fully saturated rings. The summed E-state index contributed by atoms with van der Waals surface area (Å²) in [5.41, 5.74) is 2.25. The molecule has 0 aliphatic carbocycles. The average molecular weight is 193 g/mol. The molecule has 0 aliphatic rings. The third-order valence-corrected chi connectivity index (χ3v) is 2.06. The van der Waals surface area contributed by atoms with Crippen LogP contribution in [0.4, 0.5) is 0 Å². The topological polar surface area (TPSA) is 40.5 Å². The van der Waals surface area contributed by atoms with Crippen molar-refractivity contribution < 1.29 is 9.90 Å². The molecule has 3 heteroatoms. The zero-order valence-corrected chi connectivity index (χ0v) is 8.53. The van der Waals surface area contributed by atoms with Gasteiger partial charge in [-0.15, -0.1) is 0 Å². The lowest BCUT2D eigenvalue weighted by atomic mass is 10.1. The molecule has 1 amide bonds. The summed E-state index contributed by atoms with van der Waals surface area (Å²) in [6, 6.07) is 7.97. The van der Waals surface area contributed by atoms with Gasteiger partial charge in [-0.25, -0.2) is 0 Å². The van der Waals surface area contributed by atoms with Gasteiger partial charge in [0.05, 0.1) is 0 Å². The number of rotatable bonds is 3. The molecule has 0 heterocycles. The van der Waals surface area contributed by atoms with Crippen LogP contribution in [-0.4, -0.2) is 29.6 Å². The van der Waals surface area contributed by atoms with Crippen molar-refractivity contribution in [2.75, 3.05) is 13.7 Å². The third-order valence-electron chi connectivity index (χ3n) is 2.06. The number of benzene rings is 1. The molecule has 0 radical (unpaired) electrons. The minimum Gasteiger partial charge on any atom is -0.387 e. The molecular formula is C11H15NO2. The van der Waals surface area contributed by atoms with Crippen molar-refractivity contribution in [1.82, 2.24) is 4.90 Å². The maximum Gasteiger partial charge on any atom is 0.248 e. The van der Waals surface area contributed by atoms with Crippen LogP contribution in [-0.2, 0) is 11.3 Å². The Morgan fingerprint density at radius 1 is 1.50 bits per heavy atom. The SMILES string of the molecule is Cc1cccc(CN(C)C(=O)CO)c1. The van der Waals surface area contributed by atoms with E-state index in [1.165, 1.54) is 10.5 Å². The molecular weight excluding hydrogens is 178 g/mol. The molecule has 1 aromatic rings. The summed E-state index contributed by atoms with van der Waals surface area (Å²) in [7, 11) is 1.68. The third kappa shape index (κ3) is 2.85. The Balaban J connectivity index is 2.64. The minimum absolute atomic E-state index is 0.258. The number of aliphatic hydroxyl groups is 1. The fraction of sp³-hybridized carbons (Fsp3) is 0.364. The molecule has 0 bridgehead atoms. The monoisotopic (exact) mass is 193 g/mol. The van der Waals surface area contributed by atoms with E-state index in [0.717, 1.165) is 5.56 Å². The summed E-state index contributed by atoms with van der Waals surface area (Å²) >= 11 is 0. The Morgan fingerprint density at radius 3 is 2.79 bits per heavy atom. The summed E-state index contributed by atoms with van der Waals surface area (Å²) in [6.07, 6.45) is 0. The van der Waals surface area contributed by atoms with Gasteiger partial charge in [-0.2, -0.15) is 0 Å². The number of aliphatic hydroxyl groups excluding tert-OH is 1. The van der Waals surface area contributed by atoms with Gasteiger partial charge >= 0.3 is 0 Å². The summed E-state index contributed by atoms with van der Waals surface area (Å²) in [5, 5.41) is 8.65. The number of nitrogens with zero attached hydrogens (tertiary/aromatic N) is 1. The van der Waals surface area contributed by atoms with Crippen LogP contribution >= 0.6 is 0 Å². The van der Waals surface area contributed by atoms with Gasteiger partial charge in [-0.05, 0) is 12.5 Å². The van der Waals surface area contributed by atoms with E-state index in [-0.39, 0.29) is 5.91 Å². The van der Waals surface area contributed by atoms with Gasteiger partial charge in [0.1, 0.15) is 6.61 Å². The molecule has 0 saturated carbocycles. The van der Waals surface area contributed by atoms with E-state index in [4.69, 9.17) is 5.11 Å². The number of hydrogen-bond donors (Lipinski definition) is 1. The zero-order chi connectivity index (χ0) is 10.6. The summed E-state index contributed by atoms with van der Waals surface area (Å²) in [6.45, 7) is 2.13. The summed E-state index contributed by atoms with van der Waals surface area (Å²) in [4.78, 5) is 12.6. The van der Waals surface area contributed by atoms with E-state index >= 15 is 0 Å². The zero-order valence-electron chi connectivity index (χ0n) is 8.53. The van der Waals surface area contributed by atoms with E-state index in [0.29, 0.717) is 6.54 Å². The number of likely N-dealkylation sites (N-methyl/N-ethyl adjacent to an activating group) is 1. The number of carbonyl (C=O) groups excluding carboxylic acids is 1. The predicted molar refractivity (Wildman–Crippen MR) is 54.7 cm³/mol. The molecule has 0 aliphatic heterocycles. The second kappa shape index (κ2) is 4.77. The van der Waals surface area contributed by atoms with Crippen molar-refractivity contribution in [3.05, 3.63) is 35.4 Å². The van der Waals surface area contributed by atoms with Crippen molar-refractivity contribution in [1.29, 1.82) is 0 Å². The van der Waals surface area contributed by atoms with Gasteiger partial charge < -0.3 is 10.0 Å². The van der Waals surface area contributed by atoms with Crippen LogP contribution in [0.15, 0.2) is 24.3 Å². The molecule has 0 spiro atoms. The highest BCUT2D eigenvalue weighted by Crippen LogP contribution is 2.06. The average Bonchev–Trinajstić information content (AvgIpc) is 2.16. The summed E-state index contributed by atoms with van der Waals surface area (Å²) in [5.74, 6) is -0.258. The van der Waals surface area contributed by atoms with Crippen molar-refractivity contribution in [2.45, 2.75) is 13.5 Å². The molecule has 1 rings (SSSR count). The van der Waals surface area contributed by atoms with Gasteiger partial charge in [-0.1, -0.05) is 29.8 Å². The standard InChI is InChI=1S/C11H15NO2/c1-9-4-3-5-10(6-9)7-12(2)11(14)8-13/h3-6,13H,7-8H2,1-2H3. The van der Waals surface area contributed by atoms with Crippen LogP contribution in [0.25, 0.3) is 0 Å². The molecule has 1 N–H and O–H groups in total. The van der Waals surface area contributed by atoms with Crippen LogP contribution in [0.1, 0.15) is 11.1 Å². The number of hydrogen-bond acceptors (Lipinski definition) is 2. The fourth-order valence-electron chi connectivity index (χ4n) is 1.29. The van der Waals surface area contributed by atoms with Gasteiger partial charge in [0.25, 0.3) is 0 Å². The molecule has 0 aromatic heterocycles. The lowest BCUT2D eigenvalue weighted by molar-refractivity contribution is -0.133. The van der Waals surface area contributed by atoms with Gasteiger partial charge in [-0.3, -0.25) is 4.79 Å². The van der Waals surface area contributed by atoms with E-state index in [9.17, 15) is 4.79 Å². The second-order valence-corrected chi connectivity index (χ2v) is 3.40. The predicted octanol–water partition coefficient (Wildman–Crippen LogP) is 0.946.